The van der Waals surface area contributed by atoms with Crippen LogP contribution >= 0.6 is 0 Å². The lowest BCUT2D eigenvalue weighted by molar-refractivity contribution is -0.384. The Balaban J connectivity index is 1.20. The molecule has 2 saturated heterocycles. The van der Waals surface area contributed by atoms with Gasteiger partial charge in [0, 0.05) is 81.1 Å². The Morgan fingerprint density at radius 3 is 2.25 bits per heavy atom. The molecule has 12 nitrogen and oxygen atoms in total. The van der Waals surface area contributed by atoms with Gasteiger partial charge in [-0.2, -0.15) is 0 Å². The predicted octanol–water partition coefficient (Wildman–Crippen LogP) is 5.82. The number of nitrogens with one attached hydrogen (secondary N) is 1. The van der Waals surface area contributed by atoms with E-state index in [2.05, 4.69) is 15.1 Å². The molecule has 12 heteroatoms. The van der Waals surface area contributed by atoms with Crippen molar-refractivity contribution < 1.29 is 34.2 Å². The second-order valence-electron chi connectivity index (χ2n) is 12.4. The van der Waals surface area contributed by atoms with Crippen LogP contribution in [0.4, 0.5) is 17.1 Å². The van der Waals surface area contributed by atoms with Crippen LogP contribution in [0.5, 0.6) is 0 Å². The summed E-state index contributed by atoms with van der Waals surface area (Å²) >= 11 is 0. The molecule has 3 N–H and O–H groups in total. The van der Waals surface area contributed by atoms with E-state index in [1.807, 2.05) is 48.5 Å². The minimum Gasteiger partial charge on any atom is -0.481 e. The Morgan fingerprint density at radius 1 is 0.875 bits per heavy atom. The number of aliphatic hydroxyl groups is 1. The topological polar surface area (TPSA) is 155 Å². The van der Waals surface area contributed by atoms with E-state index >= 15 is 0 Å². The van der Waals surface area contributed by atoms with Gasteiger partial charge in [-0.05, 0) is 48.2 Å². The number of unbranched alkanes of at least 4 members (excludes halogenated alkanes) is 3. The van der Waals surface area contributed by atoms with E-state index in [0.29, 0.717) is 37.9 Å². The number of aliphatic carboxylic acids is 1. The molecule has 5 rings (SSSR count). The summed E-state index contributed by atoms with van der Waals surface area (Å²) in [5.74, 6) is -0.890. The number of amides is 1. The van der Waals surface area contributed by atoms with Crippen LogP contribution in [0.1, 0.15) is 74.0 Å². The molecule has 0 aliphatic carbocycles. The number of benzene rings is 3. The lowest BCUT2D eigenvalue weighted by Crippen LogP contribution is -2.49. The summed E-state index contributed by atoms with van der Waals surface area (Å²) in [6, 6.07) is 22.0. The van der Waals surface area contributed by atoms with Gasteiger partial charge < -0.3 is 29.9 Å². The molecule has 3 atom stereocenters. The number of hydrogen-bond acceptors (Lipinski definition) is 9. The Labute approximate surface area is 280 Å². The maximum absolute atomic E-state index is 12.6. The smallest absolute Gasteiger partial charge is 0.303 e. The Hall–Kier alpha value is -4.36. The molecule has 0 radical (unpaired) electrons. The second kappa shape index (κ2) is 17.2. The average Bonchev–Trinajstić information content (AvgIpc) is 3.10. The Morgan fingerprint density at radius 2 is 1.58 bits per heavy atom. The number of carbonyl (C=O) groups excluding carboxylic acids is 1. The number of non-ortho nitro benzene ring substituents is 1. The molecule has 2 aliphatic heterocycles. The molecule has 0 saturated carbocycles. The number of carboxylic acid groups (broad SMARTS) is 1. The van der Waals surface area contributed by atoms with Crippen molar-refractivity contribution in [3.63, 3.8) is 0 Å². The van der Waals surface area contributed by atoms with Crippen molar-refractivity contribution in [2.24, 2.45) is 0 Å². The lowest BCUT2D eigenvalue weighted by atomic mass is 9.99. The zero-order valence-corrected chi connectivity index (χ0v) is 27.0. The third-order valence-electron chi connectivity index (χ3n) is 8.86. The standard InChI is InChI=1S/C36H44N4O8/c41-25-26-10-12-27(13-11-26)33-23-32(24-38-18-20-39(21-19-38)30-14-16-31(17-15-30)40(45)46)47-36(48-33)28-6-5-7-29(22-28)37-34(42)8-3-1-2-4-9-35(43)44/h5-7,10-17,22,32-33,36,41H,1-4,8-9,18-21,23-25H2,(H,37,42)(H,43,44). The third-order valence-corrected chi connectivity index (χ3v) is 8.86. The highest BCUT2D eigenvalue weighted by molar-refractivity contribution is 5.90. The first-order chi connectivity index (χ1) is 23.3. The van der Waals surface area contributed by atoms with E-state index in [9.17, 15) is 24.8 Å². The minimum atomic E-state index is -0.796. The minimum absolute atomic E-state index is 0.0325. The molecule has 0 bridgehead atoms. The molecule has 48 heavy (non-hydrogen) atoms. The number of piperazine rings is 1. The van der Waals surface area contributed by atoms with E-state index in [4.69, 9.17) is 14.6 Å². The average molecular weight is 661 g/mol. The Kier molecular flexibility index (Phi) is 12.5. The molecule has 0 spiro atoms. The zero-order chi connectivity index (χ0) is 33.9. The van der Waals surface area contributed by atoms with Crippen molar-refractivity contribution in [2.75, 3.05) is 42.9 Å². The van der Waals surface area contributed by atoms with E-state index in [-0.39, 0.29) is 41.8 Å². The highest BCUT2D eigenvalue weighted by Crippen LogP contribution is 2.39. The van der Waals surface area contributed by atoms with Crippen molar-refractivity contribution in [3.05, 3.63) is 99.6 Å². The fourth-order valence-corrected chi connectivity index (χ4v) is 6.20. The quantitative estimate of drug-likeness (QED) is 0.103. The molecule has 2 heterocycles. The largest absolute Gasteiger partial charge is 0.481 e. The number of carbonyl (C=O) groups is 2. The summed E-state index contributed by atoms with van der Waals surface area (Å²) in [6.45, 7) is 3.90. The number of anilines is 2. The van der Waals surface area contributed by atoms with Gasteiger partial charge in [-0.15, -0.1) is 0 Å². The molecule has 3 aromatic rings. The van der Waals surface area contributed by atoms with Gasteiger partial charge in [-0.3, -0.25) is 24.6 Å². The van der Waals surface area contributed by atoms with E-state index in [1.165, 1.54) is 0 Å². The van der Waals surface area contributed by atoms with Crippen molar-refractivity contribution in [1.82, 2.24) is 4.90 Å². The van der Waals surface area contributed by atoms with E-state index in [1.54, 1.807) is 24.3 Å². The number of nitrogens with zero attached hydrogens (tertiary/aromatic N) is 3. The van der Waals surface area contributed by atoms with Crippen LogP contribution in [-0.2, 0) is 25.7 Å². The molecule has 0 aromatic heterocycles. The molecule has 2 fully saturated rings. The summed E-state index contributed by atoms with van der Waals surface area (Å²) in [7, 11) is 0. The first-order valence-corrected chi connectivity index (χ1v) is 16.6. The van der Waals surface area contributed by atoms with E-state index in [0.717, 1.165) is 61.4 Å². The molecular weight excluding hydrogens is 616 g/mol. The van der Waals surface area contributed by atoms with Gasteiger partial charge in [0.15, 0.2) is 6.29 Å². The van der Waals surface area contributed by atoms with Crippen molar-refractivity contribution in [1.29, 1.82) is 0 Å². The summed E-state index contributed by atoms with van der Waals surface area (Å²) in [5.41, 5.74) is 4.33. The summed E-state index contributed by atoms with van der Waals surface area (Å²) in [6.07, 6.45) is 3.05. The normalized spacial score (nSPS) is 19.9. The maximum Gasteiger partial charge on any atom is 0.303 e. The van der Waals surface area contributed by atoms with Crippen LogP contribution in [0.2, 0.25) is 0 Å². The number of hydrogen-bond donors (Lipinski definition) is 3. The monoisotopic (exact) mass is 660 g/mol. The number of aliphatic hydroxyl groups excluding tert-OH is 1. The van der Waals surface area contributed by atoms with Gasteiger partial charge in [-0.25, -0.2) is 0 Å². The van der Waals surface area contributed by atoms with Gasteiger partial charge in [0.25, 0.3) is 5.69 Å². The van der Waals surface area contributed by atoms with Gasteiger partial charge in [0.05, 0.1) is 23.7 Å². The number of carboxylic acids is 1. The number of nitro groups is 1. The van der Waals surface area contributed by atoms with Crippen molar-refractivity contribution >= 4 is 28.9 Å². The number of ether oxygens (including phenoxy) is 2. The number of nitro benzene ring substituents is 1. The highest BCUT2D eigenvalue weighted by atomic mass is 16.7. The van der Waals surface area contributed by atoms with E-state index < -0.39 is 12.3 Å². The van der Waals surface area contributed by atoms with Crippen LogP contribution in [0.15, 0.2) is 72.8 Å². The summed E-state index contributed by atoms with van der Waals surface area (Å²) in [4.78, 5) is 38.6. The molecule has 2 aliphatic rings. The third kappa shape index (κ3) is 10.1. The molecule has 1 amide bonds. The van der Waals surface area contributed by atoms with Crippen LogP contribution in [0.3, 0.4) is 0 Å². The number of rotatable bonds is 15. The Bertz CT molecular complexity index is 1510. The summed E-state index contributed by atoms with van der Waals surface area (Å²) < 4.78 is 13.1. The van der Waals surface area contributed by atoms with Crippen LogP contribution < -0.4 is 10.2 Å². The van der Waals surface area contributed by atoms with Gasteiger partial charge in [0.1, 0.15) is 0 Å². The fourth-order valence-electron chi connectivity index (χ4n) is 6.20. The highest BCUT2D eigenvalue weighted by Gasteiger charge is 2.34. The van der Waals surface area contributed by atoms with Crippen LogP contribution in [0, 0.1) is 10.1 Å². The molecular formula is C36H44N4O8. The van der Waals surface area contributed by atoms with Gasteiger partial charge in [0.2, 0.25) is 5.91 Å². The van der Waals surface area contributed by atoms with Crippen LogP contribution in [0.25, 0.3) is 0 Å². The first kappa shape index (κ1) is 35.0. The summed E-state index contributed by atoms with van der Waals surface area (Å²) in [5, 5.41) is 32.3. The van der Waals surface area contributed by atoms with Gasteiger partial charge >= 0.3 is 5.97 Å². The SMILES string of the molecule is O=C(O)CCCCCCC(=O)Nc1cccc(C2OC(CN3CCN(c4ccc([N+](=O)[O-])cc4)CC3)CC(c3ccc(CO)cc3)O2)c1. The maximum atomic E-state index is 12.6. The molecule has 256 valence electrons. The first-order valence-electron chi connectivity index (χ1n) is 16.6. The van der Waals surface area contributed by atoms with Gasteiger partial charge in [-0.1, -0.05) is 49.2 Å². The van der Waals surface area contributed by atoms with Crippen molar-refractivity contribution in [2.45, 2.75) is 70.1 Å². The zero-order valence-electron chi connectivity index (χ0n) is 27.0. The van der Waals surface area contributed by atoms with Crippen molar-refractivity contribution in [3.8, 4) is 0 Å². The lowest BCUT2D eigenvalue weighted by Gasteiger charge is -2.41. The van der Waals surface area contributed by atoms with Crippen LogP contribution in [-0.4, -0.2) is 70.7 Å². The second-order valence-corrected chi connectivity index (χ2v) is 12.4. The predicted molar refractivity (Wildman–Crippen MR) is 181 cm³/mol. The fraction of sp³-hybridized carbons (Fsp3) is 0.444. The molecule has 3 aromatic carbocycles. The molecule has 3 unspecified atom stereocenters.